The molecule has 9 heteroatoms. The van der Waals surface area contributed by atoms with E-state index < -0.39 is 17.2 Å². The maximum atomic E-state index is 12.8. The zero-order chi connectivity index (χ0) is 24.9. The maximum absolute atomic E-state index is 12.8. The van der Waals surface area contributed by atoms with Crippen molar-refractivity contribution in [1.82, 2.24) is 25.1 Å². The van der Waals surface area contributed by atoms with Gasteiger partial charge in [-0.25, -0.2) is 4.79 Å². The number of hydrogen-bond donors (Lipinski definition) is 2. The second-order valence-corrected chi connectivity index (χ2v) is 9.54. The van der Waals surface area contributed by atoms with E-state index in [1.165, 1.54) is 11.8 Å². The lowest BCUT2D eigenvalue weighted by atomic mass is 10.1. The van der Waals surface area contributed by atoms with Crippen molar-refractivity contribution in [3.63, 3.8) is 0 Å². The van der Waals surface area contributed by atoms with Crippen molar-refractivity contribution in [2.45, 2.75) is 38.1 Å². The van der Waals surface area contributed by atoms with Crippen molar-refractivity contribution in [2.24, 2.45) is 0 Å². The number of carbonyl (C=O) groups is 2. The smallest absolute Gasteiger partial charge is 0.307 e. The number of aromatic nitrogens is 4. The highest BCUT2D eigenvalue weighted by Gasteiger charge is 2.23. The van der Waals surface area contributed by atoms with Gasteiger partial charge < -0.3 is 5.32 Å². The number of hydrogen-bond acceptors (Lipinski definition) is 6. The number of nitrogens with one attached hydrogen (secondary N) is 2. The third-order valence-electron chi connectivity index (χ3n) is 5.38. The minimum absolute atomic E-state index is 0.429. The fourth-order valence-corrected chi connectivity index (χ4v) is 4.36. The molecule has 0 aliphatic carbocycles. The molecule has 0 saturated heterocycles. The molecule has 2 aromatic heterocycles. The number of rotatable bonds is 6. The molecule has 1 atom stereocenters. The van der Waals surface area contributed by atoms with Crippen molar-refractivity contribution in [3.8, 4) is 17.1 Å². The molecule has 2 N–H and O–H groups in total. The Bertz CT molecular complexity index is 1350. The van der Waals surface area contributed by atoms with Gasteiger partial charge in [-0.1, -0.05) is 47.2 Å². The fraction of sp³-hybridized carbons (Fsp3) is 0.192. The van der Waals surface area contributed by atoms with Gasteiger partial charge in [0.2, 0.25) is 5.91 Å². The molecule has 4 aromatic rings. The Balaban J connectivity index is 1.53. The average Bonchev–Trinajstić information content (AvgIpc) is 3.25. The molecule has 2 heterocycles. The molecule has 8 nitrogen and oxygen atoms in total. The van der Waals surface area contributed by atoms with Crippen molar-refractivity contribution in [3.05, 3.63) is 83.7 Å². The van der Waals surface area contributed by atoms with Crippen LogP contribution in [-0.2, 0) is 4.79 Å². The van der Waals surface area contributed by atoms with Gasteiger partial charge in [-0.2, -0.15) is 0 Å². The van der Waals surface area contributed by atoms with E-state index in [2.05, 4.69) is 25.8 Å². The van der Waals surface area contributed by atoms with Crippen LogP contribution >= 0.6 is 11.8 Å². The van der Waals surface area contributed by atoms with Crippen LogP contribution in [-0.4, -0.2) is 36.9 Å². The second kappa shape index (κ2) is 10.5. The first-order chi connectivity index (χ1) is 16.8. The highest BCUT2D eigenvalue weighted by atomic mass is 32.2. The molecule has 0 spiro atoms. The third kappa shape index (κ3) is 5.75. The predicted octanol–water partition coefficient (Wildman–Crippen LogP) is 5.08. The first-order valence-corrected chi connectivity index (χ1v) is 12.0. The van der Waals surface area contributed by atoms with E-state index in [1.807, 2.05) is 79.9 Å². The van der Waals surface area contributed by atoms with E-state index in [-0.39, 0.29) is 0 Å². The number of aryl methyl sites for hydroxylation is 3. The highest BCUT2D eigenvalue weighted by molar-refractivity contribution is 8.00. The lowest BCUT2D eigenvalue weighted by Crippen LogP contribution is -2.39. The molecule has 3 amide bonds. The Labute approximate surface area is 208 Å². The minimum atomic E-state index is -0.599. The number of pyridine rings is 1. The Hall–Kier alpha value is -3.98. The summed E-state index contributed by atoms with van der Waals surface area (Å²) in [5.41, 5.74) is 5.52. The van der Waals surface area contributed by atoms with Gasteiger partial charge in [-0.3, -0.25) is 19.7 Å². The van der Waals surface area contributed by atoms with Crippen molar-refractivity contribution in [2.75, 3.05) is 5.32 Å². The summed E-state index contributed by atoms with van der Waals surface area (Å²) in [6, 6.07) is 16.8. The summed E-state index contributed by atoms with van der Waals surface area (Å²) < 4.78 is 1.90. The van der Waals surface area contributed by atoms with Gasteiger partial charge in [0.1, 0.15) is 0 Å². The Morgan fingerprint density at radius 3 is 2.29 bits per heavy atom. The molecule has 4 rings (SSSR count). The van der Waals surface area contributed by atoms with Crippen LogP contribution in [0.15, 0.2) is 72.1 Å². The van der Waals surface area contributed by atoms with Crippen LogP contribution in [0.1, 0.15) is 23.6 Å². The second-order valence-electron chi connectivity index (χ2n) is 8.23. The third-order valence-corrected chi connectivity index (χ3v) is 6.42. The van der Waals surface area contributed by atoms with E-state index in [0.29, 0.717) is 16.7 Å². The van der Waals surface area contributed by atoms with Gasteiger partial charge in [0.05, 0.1) is 5.25 Å². The molecule has 0 radical (unpaired) electrons. The van der Waals surface area contributed by atoms with Crippen molar-refractivity contribution in [1.29, 1.82) is 0 Å². The first kappa shape index (κ1) is 24.2. The fourth-order valence-electron chi connectivity index (χ4n) is 3.49. The number of anilines is 1. The largest absolute Gasteiger partial charge is 0.325 e. The van der Waals surface area contributed by atoms with E-state index in [1.54, 1.807) is 19.3 Å². The lowest BCUT2D eigenvalue weighted by molar-refractivity contribution is -0.119. The molecule has 178 valence electrons. The average molecular weight is 487 g/mol. The van der Waals surface area contributed by atoms with E-state index in [0.717, 1.165) is 27.9 Å². The SMILES string of the molecule is Cc1ccc(-n2c(SC(C)C(=O)NC(=O)Nc3ccc(C)cc3C)nnc2-c2ccncc2)cc1. The molecule has 2 aromatic carbocycles. The van der Waals surface area contributed by atoms with Gasteiger partial charge in [-0.15, -0.1) is 10.2 Å². The molecule has 0 aliphatic rings. The number of urea groups is 1. The molecule has 0 fully saturated rings. The lowest BCUT2D eigenvalue weighted by Gasteiger charge is -2.14. The van der Waals surface area contributed by atoms with Crippen LogP contribution in [0.4, 0.5) is 10.5 Å². The maximum Gasteiger partial charge on any atom is 0.325 e. The number of carbonyl (C=O) groups excluding carboxylic acids is 2. The summed E-state index contributed by atoms with van der Waals surface area (Å²) in [5, 5.41) is 13.8. The summed E-state index contributed by atoms with van der Waals surface area (Å²) >= 11 is 1.23. The molecular weight excluding hydrogens is 460 g/mol. The zero-order valence-corrected chi connectivity index (χ0v) is 20.8. The molecule has 0 bridgehead atoms. The van der Waals surface area contributed by atoms with Crippen LogP contribution < -0.4 is 10.6 Å². The van der Waals surface area contributed by atoms with Gasteiger partial charge >= 0.3 is 6.03 Å². The number of imide groups is 1. The zero-order valence-electron chi connectivity index (χ0n) is 19.9. The number of thioether (sulfide) groups is 1. The van der Waals surface area contributed by atoms with Crippen LogP contribution in [0, 0.1) is 20.8 Å². The van der Waals surface area contributed by atoms with Crippen LogP contribution in [0.5, 0.6) is 0 Å². The van der Waals surface area contributed by atoms with Crippen LogP contribution in [0.2, 0.25) is 0 Å². The van der Waals surface area contributed by atoms with E-state index in [9.17, 15) is 9.59 Å². The summed E-state index contributed by atoms with van der Waals surface area (Å²) in [6.07, 6.45) is 3.39. The monoisotopic (exact) mass is 486 g/mol. The summed E-state index contributed by atoms with van der Waals surface area (Å²) in [4.78, 5) is 29.3. The topological polar surface area (TPSA) is 102 Å². The van der Waals surface area contributed by atoms with Gasteiger partial charge in [-0.05, 0) is 63.6 Å². The predicted molar refractivity (Wildman–Crippen MR) is 138 cm³/mol. The summed E-state index contributed by atoms with van der Waals surface area (Å²) in [6.45, 7) is 7.63. The normalized spacial score (nSPS) is 11.7. The Morgan fingerprint density at radius 1 is 0.914 bits per heavy atom. The molecule has 0 aliphatic heterocycles. The number of amides is 3. The summed E-state index contributed by atoms with van der Waals surface area (Å²) in [5.74, 6) is 0.208. The van der Waals surface area contributed by atoms with Gasteiger partial charge in [0.25, 0.3) is 0 Å². The molecule has 0 saturated carbocycles. The van der Waals surface area contributed by atoms with E-state index in [4.69, 9.17) is 0 Å². The van der Waals surface area contributed by atoms with Crippen molar-refractivity contribution >= 4 is 29.4 Å². The Morgan fingerprint density at radius 2 is 1.60 bits per heavy atom. The standard InChI is InChI=1S/C26H26N6O2S/c1-16-5-8-21(9-6-16)32-23(20-11-13-27-14-12-20)30-31-26(32)35-19(4)24(33)29-25(34)28-22-10-7-17(2)15-18(22)3/h5-15,19H,1-4H3,(H2,28,29,33,34). The van der Waals surface area contributed by atoms with Gasteiger partial charge in [0, 0.05) is 29.3 Å². The molecule has 1 unspecified atom stereocenters. The van der Waals surface area contributed by atoms with Crippen LogP contribution in [0.3, 0.4) is 0 Å². The minimum Gasteiger partial charge on any atom is -0.307 e. The number of nitrogens with zero attached hydrogens (tertiary/aromatic N) is 4. The molecule has 35 heavy (non-hydrogen) atoms. The first-order valence-electron chi connectivity index (χ1n) is 11.1. The quantitative estimate of drug-likeness (QED) is 0.369. The number of benzene rings is 2. The van der Waals surface area contributed by atoms with Crippen molar-refractivity contribution < 1.29 is 9.59 Å². The Kier molecular flexibility index (Phi) is 7.26. The van der Waals surface area contributed by atoms with E-state index >= 15 is 0 Å². The summed E-state index contributed by atoms with van der Waals surface area (Å²) in [7, 11) is 0. The molecular formula is C26H26N6O2S. The van der Waals surface area contributed by atoms with Gasteiger partial charge in [0.15, 0.2) is 11.0 Å². The van der Waals surface area contributed by atoms with Crippen LogP contribution in [0.25, 0.3) is 17.1 Å². The highest BCUT2D eigenvalue weighted by Crippen LogP contribution is 2.30.